The van der Waals surface area contributed by atoms with Gasteiger partial charge in [0.1, 0.15) is 30.3 Å². The van der Waals surface area contributed by atoms with E-state index in [9.17, 15) is 9.18 Å². The molecule has 0 atom stereocenters. The summed E-state index contributed by atoms with van der Waals surface area (Å²) in [5, 5.41) is 0. The molecule has 0 amide bonds. The molecule has 0 aliphatic rings. The van der Waals surface area contributed by atoms with Crippen LogP contribution in [-0.2, 0) is 13.2 Å². The molecule has 0 aliphatic heterocycles. The molecule has 142 valence electrons. The Morgan fingerprint density at radius 2 is 1.86 bits per heavy atom. The largest absolute Gasteiger partial charge is 0.489 e. The first-order valence-corrected chi connectivity index (χ1v) is 9.07. The van der Waals surface area contributed by atoms with E-state index in [1.165, 1.54) is 18.5 Å². The summed E-state index contributed by atoms with van der Waals surface area (Å²) in [4.78, 5) is 24.2. The Morgan fingerprint density at radius 1 is 1.11 bits per heavy atom. The minimum absolute atomic E-state index is 0.121. The SMILES string of the molecule is CCCn1cnc2nc(-c3ccc(OCc4ccc(F)cc4)cc3)[nH]c2c1=O. The fourth-order valence-corrected chi connectivity index (χ4v) is 2.92. The molecule has 0 radical (unpaired) electrons. The van der Waals surface area contributed by atoms with Crippen LogP contribution >= 0.6 is 0 Å². The van der Waals surface area contributed by atoms with Gasteiger partial charge in [-0.05, 0) is 48.4 Å². The van der Waals surface area contributed by atoms with Crippen LogP contribution in [0.4, 0.5) is 4.39 Å². The highest BCUT2D eigenvalue weighted by molar-refractivity contribution is 5.74. The number of ether oxygens (including phenoxy) is 1. The molecule has 2 aromatic heterocycles. The topological polar surface area (TPSA) is 72.8 Å². The summed E-state index contributed by atoms with van der Waals surface area (Å²) < 4.78 is 20.2. The van der Waals surface area contributed by atoms with Gasteiger partial charge in [0.25, 0.3) is 5.56 Å². The molecule has 0 unspecified atom stereocenters. The van der Waals surface area contributed by atoms with Crippen LogP contribution in [0.15, 0.2) is 59.7 Å². The van der Waals surface area contributed by atoms with Gasteiger partial charge < -0.3 is 9.72 Å². The van der Waals surface area contributed by atoms with Crippen LogP contribution in [-0.4, -0.2) is 19.5 Å². The molecule has 4 aromatic rings. The molecule has 2 heterocycles. The number of hydrogen-bond donors (Lipinski definition) is 1. The van der Waals surface area contributed by atoms with E-state index in [1.807, 2.05) is 31.2 Å². The first-order chi connectivity index (χ1) is 13.6. The number of aryl methyl sites for hydroxylation is 1. The zero-order valence-corrected chi connectivity index (χ0v) is 15.4. The smallest absolute Gasteiger partial charge is 0.279 e. The molecule has 0 saturated heterocycles. The molecule has 0 aliphatic carbocycles. The number of nitrogens with zero attached hydrogens (tertiary/aromatic N) is 3. The molecular weight excluding hydrogens is 359 g/mol. The first kappa shape index (κ1) is 17.9. The van der Waals surface area contributed by atoms with Gasteiger partial charge >= 0.3 is 0 Å². The van der Waals surface area contributed by atoms with Crippen molar-refractivity contribution in [2.45, 2.75) is 26.5 Å². The number of nitrogens with one attached hydrogen (secondary N) is 1. The standard InChI is InChI=1S/C21H19FN4O2/c1-2-11-26-13-23-20-18(21(26)27)24-19(25-20)15-5-9-17(10-6-15)28-12-14-3-7-16(22)8-4-14/h3-10,13H,2,11-12H2,1H3,(H,24,25). The van der Waals surface area contributed by atoms with E-state index in [2.05, 4.69) is 15.0 Å². The molecule has 4 rings (SSSR count). The summed E-state index contributed by atoms with van der Waals surface area (Å²) in [6, 6.07) is 13.6. The van der Waals surface area contributed by atoms with Crippen LogP contribution in [0.3, 0.4) is 0 Å². The van der Waals surface area contributed by atoms with E-state index in [1.54, 1.807) is 16.7 Å². The van der Waals surface area contributed by atoms with Gasteiger partial charge in [0.05, 0.1) is 0 Å². The lowest BCUT2D eigenvalue weighted by atomic mass is 10.2. The third kappa shape index (κ3) is 3.64. The van der Waals surface area contributed by atoms with Gasteiger partial charge in [-0.1, -0.05) is 19.1 Å². The maximum atomic E-state index is 12.9. The summed E-state index contributed by atoms with van der Waals surface area (Å²) >= 11 is 0. The van der Waals surface area contributed by atoms with Crippen molar-refractivity contribution in [3.05, 3.63) is 76.6 Å². The quantitative estimate of drug-likeness (QED) is 0.552. The van der Waals surface area contributed by atoms with Gasteiger partial charge in [-0.25, -0.2) is 14.4 Å². The second-order valence-electron chi connectivity index (χ2n) is 6.47. The number of aromatic amines is 1. The van der Waals surface area contributed by atoms with Crippen molar-refractivity contribution in [2.24, 2.45) is 0 Å². The normalized spacial score (nSPS) is 11.1. The number of aromatic nitrogens is 4. The van der Waals surface area contributed by atoms with Crippen molar-refractivity contribution in [3.8, 4) is 17.1 Å². The number of fused-ring (bicyclic) bond motifs is 1. The number of hydrogen-bond acceptors (Lipinski definition) is 4. The minimum atomic E-state index is -0.269. The predicted octanol–water partition coefficient (Wildman–Crippen LogP) is 3.91. The number of rotatable bonds is 6. The number of imidazole rings is 1. The number of H-pyrrole nitrogens is 1. The van der Waals surface area contributed by atoms with Gasteiger partial charge in [0.15, 0.2) is 11.2 Å². The first-order valence-electron chi connectivity index (χ1n) is 9.07. The van der Waals surface area contributed by atoms with Crippen LogP contribution in [0.2, 0.25) is 0 Å². The van der Waals surface area contributed by atoms with Crippen molar-refractivity contribution in [1.82, 2.24) is 19.5 Å². The van der Waals surface area contributed by atoms with Crippen LogP contribution in [0.25, 0.3) is 22.6 Å². The molecule has 0 saturated carbocycles. The highest BCUT2D eigenvalue weighted by Gasteiger charge is 2.11. The Labute approximate surface area is 160 Å². The van der Waals surface area contributed by atoms with E-state index in [0.29, 0.717) is 35.9 Å². The van der Waals surface area contributed by atoms with Crippen molar-refractivity contribution in [3.63, 3.8) is 0 Å². The highest BCUT2D eigenvalue weighted by Crippen LogP contribution is 2.22. The Morgan fingerprint density at radius 3 is 2.57 bits per heavy atom. The van der Waals surface area contributed by atoms with E-state index in [0.717, 1.165) is 17.5 Å². The van der Waals surface area contributed by atoms with Crippen molar-refractivity contribution < 1.29 is 9.13 Å². The summed E-state index contributed by atoms with van der Waals surface area (Å²) in [7, 11) is 0. The van der Waals surface area contributed by atoms with E-state index in [-0.39, 0.29) is 11.4 Å². The molecule has 6 nitrogen and oxygen atoms in total. The highest BCUT2D eigenvalue weighted by atomic mass is 19.1. The summed E-state index contributed by atoms with van der Waals surface area (Å²) in [5.41, 5.74) is 2.40. The lowest BCUT2D eigenvalue weighted by Crippen LogP contribution is -2.20. The Hall–Kier alpha value is -3.48. The lowest BCUT2D eigenvalue weighted by Gasteiger charge is -2.06. The molecule has 7 heteroatoms. The van der Waals surface area contributed by atoms with Gasteiger partial charge in [-0.3, -0.25) is 9.36 Å². The van der Waals surface area contributed by atoms with Gasteiger partial charge in [-0.2, -0.15) is 0 Å². The molecule has 0 spiro atoms. The zero-order chi connectivity index (χ0) is 19.5. The second-order valence-corrected chi connectivity index (χ2v) is 6.47. The maximum Gasteiger partial charge on any atom is 0.279 e. The molecule has 1 N–H and O–H groups in total. The number of benzene rings is 2. The second kappa shape index (κ2) is 7.64. The Balaban J connectivity index is 1.52. The van der Waals surface area contributed by atoms with Gasteiger partial charge in [0.2, 0.25) is 0 Å². The van der Waals surface area contributed by atoms with Gasteiger partial charge in [-0.15, -0.1) is 0 Å². The van der Waals surface area contributed by atoms with Crippen LogP contribution < -0.4 is 10.3 Å². The zero-order valence-electron chi connectivity index (χ0n) is 15.4. The van der Waals surface area contributed by atoms with Gasteiger partial charge in [0, 0.05) is 12.1 Å². The third-order valence-corrected chi connectivity index (χ3v) is 4.39. The Kier molecular flexibility index (Phi) is 4.89. The molecule has 0 bridgehead atoms. The molecular formula is C21H19FN4O2. The van der Waals surface area contributed by atoms with Crippen molar-refractivity contribution in [1.29, 1.82) is 0 Å². The summed E-state index contributed by atoms with van der Waals surface area (Å²) in [5.74, 6) is 1.00. The maximum absolute atomic E-state index is 12.9. The summed E-state index contributed by atoms with van der Waals surface area (Å²) in [6.45, 7) is 2.98. The fourth-order valence-electron chi connectivity index (χ4n) is 2.92. The monoisotopic (exact) mass is 378 g/mol. The van der Waals surface area contributed by atoms with Crippen LogP contribution in [0.5, 0.6) is 5.75 Å². The van der Waals surface area contributed by atoms with Crippen molar-refractivity contribution in [2.75, 3.05) is 0 Å². The van der Waals surface area contributed by atoms with Crippen molar-refractivity contribution >= 4 is 11.2 Å². The van der Waals surface area contributed by atoms with Crippen LogP contribution in [0.1, 0.15) is 18.9 Å². The van der Waals surface area contributed by atoms with Crippen LogP contribution in [0, 0.1) is 5.82 Å². The molecule has 0 fully saturated rings. The summed E-state index contributed by atoms with van der Waals surface area (Å²) in [6.07, 6.45) is 2.39. The fraction of sp³-hybridized carbons (Fsp3) is 0.190. The minimum Gasteiger partial charge on any atom is -0.489 e. The average Bonchev–Trinajstić information content (AvgIpc) is 3.15. The predicted molar refractivity (Wildman–Crippen MR) is 105 cm³/mol. The molecule has 28 heavy (non-hydrogen) atoms. The average molecular weight is 378 g/mol. The molecule has 2 aromatic carbocycles. The lowest BCUT2D eigenvalue weighted by molar-refractivity contribution is 0.306. The van der Waals surface area contributed by atoms with E-state index in [4.69, 9.17) is 4.74 Å². The Bertz CT molecular complexity index is 1150. The van der Waals surface area contributed by atoms with E-state index < -0.39 is 0 Å². The number of halogens is 1. The third-order valence-electron chi connectivity index (χ3n) is 4.39. The van der Waals surface area contributed by atoms with E-state index >= 15 is 0 Å².